The number of halogens is 2. The minimum Gasteiger partial charge on any atom is -0.465 e. The summed E-state index contributed by atoms with van der Waals surface area (Å²) in [5.74, 6) is -1.26. The maximum absolute atomic E-state index is 11.4. The fourth-order valence-corrected chi connectivity index (χ4v) is 2.53. The minimum atomic E-state index is -0.641. The number of esters is 2. The molecule has 2 rings (SSSR count). The van der Waals surface area contributed by atoms with Gasteiger partial charge in [0.05, 0.1) is 14.2 Å². The van der Waals surface area contributed by atoms with Crippen molar-refractivity contribution in [3.63, 3.8) is 0 Å². The molecule has 0 saturated carbocycles. The molecule has 25 heavy (non-hydrogen) atoms. The molecule has 8 nitrogen and oxygen atoms in total. The van der Waals surface area contributed by atoms with Gasteiger partial charge >= 0.3 is 11.9 Å². The lowest BCUT2D eigenvalue weighted by Crippen LogP contribution is -2.24. The van der Waals surface area contributed by atoms with Crippen molar-refractivity contribution in [2.45, 2.75) is 0 Å². The van der Waals surface area contributed by atoms with Gasteiger partial charge in [0.2, 0.25) is 0 Å². The molecule has 0 atom stereocenters. The highest BCUT2D eigenvalue weighted by Crippen LogP contribution is 2.08. The van der Waals surface area contributed by atoms with Crippen molar-refractivity contribution in [3.8, 4) is 0 Å². The molecule has 0 radical (unpaired) electrons. The number of carbonyl (C=O) groups excluding carboxylic acids is 2. The van der Waals surface area contributed by atoms with Gasteiger partial charge in [-0.1, -0.05) is 0 Å². The third kappa shape index (κ3) is 5.68. The standard InChI is InChI=1S/C8H8BrNO3.C7H6BrNO3/c1-10-4-5(9)3-6(7(10)11)8(12)13-2;1-12-7(11)5-2-4(8)3-9-6(5)10/h3-4H,1-2H3;2-3H,1H3,(H,9,10). The first-order valence-corrected chi connectivity index (χ1v) is 8.20. The maximum Gasteiger partial charge on any atom is 0.343 e. The number of aromatic nitrogens is 2. The van der Waals surface area contributed by atoms with Crippen LogP contribution in [0.25, 0.3) is 0 Å². The molecule has 2 aromatic heterocycles. The SMILES string of the molecule is COC(=O)c1cc(Br)c[nH]c1=O.COC(=O)c1cc(Br)cn(C)c1=O. The summed E-state index contributed by atoms with van der Waals surface area (Å²) in [6.45, 7) is 0. The third-order valence-corrected chi connectivity index (χ3v) is 3.72. The van der Waals surface area contributed by atoms with Crippen molar-refractivity contribution in [1.29, 1.82) is 0 Å². The van der Waals surface area contributed by atoms with E-state index in [0.717, 1.165) is 0 Å². The second kappa shape index (κ2) is 9.33. The lowest BCUT2D eigenvalue weighted by Gasteiger charge is -2.02. The Balaban J connectivity index is 0.000000251. The van der Waals surface area contributed by atoms with E-state index in [1.165, 1.54) is 37.1 Å². The van der Waals surface area contributed by atoms with Crippen LogP contribution in [-0.2, 0) is 16.5 Å². The van der Waals surface area contributed by atoms with E-state index in [-0.39, 0.29) is 16.7 Å². The number of methoxy groups -OCH3 is 2. The molecule has 0 aliphatic carbocycles. The Morgan fingerprint density at radius 1 is 1.00 bits per heavy atom. The Morgan fingerprint density at radius 2 is 1.52 bits per heavy atom. The molecule has 134 valence electrons. The molecule has 0 saturated heterocycles. The summed E-state index contributed by atoms with van der Waals surface area (Å²) in [6.07, 6.45) is 3.03. The molecule has 0 aliphatic rings. The molecule has 0 unspecified atom stereocenters. The van der Waals surface area contributed by atoms with Crippen LogP contribution in [0, 0.1) is 0 Å². The Labute approximate surface area is 159 Å². The monoisotopic (exact) mass is 476 g/mol. The highest BCUT2D eigenvalue weighted by atomic mass is 79.9. The zero-order chi connectivity index (χ0) is 19.1. The van der Waals surface area contributed by atoms with Gasteiger partial charge in [-0.3, -0.25) is 9.59 Å². The second-order valence-corrected chi connectivity index (χ2v) is 6.36. The predicted molar refractivity (Wildman–Crippen MR) is 96.8 cm³/mol. The maximum atomic E-state index is 11.4. The Kier molecular flexibility index (Phi) is 7.78. The number of nitrogens with zero attached hydrogens (tertiary/aromatic N) is 1. The number of carbonyl (C=O) groups is 2. The number of H-pyrrole nitrogens is 1. The average molecular weight is 478 g/mol. The topological polar surface area (TPSA) is 107 Å². The van der Waals surface area contributed by atoms with Crippen LogP contribution in [0.5, 0.6) is 0 Å². The van der Waals surface area contributed by atoms with Crippen LogP contribution in [0.15, 0.2) is 43.1 Å². The molecule has 0 bridgehead atoms. The fourth-order valence-electron chi connectivity index (χ4n) is 1.65. The van der Waals surface area contributed by atoms with Crippen LogP contribution >= 0.6 is 31.9 Å². The molecule has 10 heteroatoms. The molecular weight excluding hydrogens is 464 g/mol. The first-order valence-electron chi connectivity index (χ1n) is 6.62. The van der Waals surface area contributed by atoms with E-state index in [9.17, 15) is 19.2 Å². The van der Waals surface area contributed by atoms with Crippen molar-refractivity contribution >= 4 is 43.8 Å². The summed E-state index contributed by atoms with van der Waals surface area (Å²) >= 11 is 6.29. The molecule has 2 heterocycles. The second-order valence-electron chi connectivity index (χ2n) is 4.53. The van der Waals surface area contributed by atoms with E-state index in [0.29, 0.717) is 8.95 Å². The minimum absolute atomic E-state index is 0.00752. The molecule has 0 aromatic carbocycles. The zero-order valence-electron chi connectivity index (χ0n) is 13.5. The summed E-state index contributed by atoms with van der Waals surface area (Å²) in [6, 6.07) is 2.85. The van der Waals surface area contributed by atoms with Crippen LogP contribution < -0.4 is 11.1 Å². The summed E-state index contributed by atoms with van der Waals surface area (Å²) in [4.78, 5) is 46.7. The number of hydrogen-bond acceptors (Lipinski definition) is 6. The number of rotatable bonds is 2. The van der Waals surface area contributed by atoms with Crippen molar-refractivity contribution in [3.05, 3.63) is 65.3 Å². The van der Waals surface area contributed by atoms with Crippen molar-refractivity contribution < 1.29 is 19.1 Å². The van der Waals surface area contributed by atoms with Gasteiger partial charge in [-0.15, -0.1) is 0 Å². The molecule has 1 N–H and O–H groups in total. The third-order valence-electron chi connectivity index (χ3n) is 2.83. The molecule has 0 aliphatic heterocycles. The normalized spacial score (nSPS) is 9.64. The lowest BCUT2D eigenvalue weighted by atomic mass is 10.3. The number of pyridine rings is 2. The summed E-state index contributed by atoms with van der Waals surface area (Å²) < 4.78 is 11.5. The van der Waals surface area contributed by atoms with Gasteiger partial charge in [0.15, 0.2) is 0 Å². The Bertz CT molecular complexity index is 904. The number of nitrogens with one attached hydrogen (secondary N) is 1. The van der Waals surface area contributed by atoms with Gasteiger partial charge in [-0.2, -0.15) is 0 Å². The zero-order valence-corrected chi connectivity index (χ0v) is 16.6. The highest BCUT2D eigenvalue weighted by molar-refractivity contribution is 9.10. The lowest BCUT2D eigenvalue weighted by molar-refractivity contribution is 0.0589. The Morgan fingerprint density at radius 3 is 2.08 bits per heavy atom. The van der Waals surface area contributed by atoms with Crippen molar-refractivity contribution in [2.24, 2.45) is 7.05 Å². The van der Waals surface area contributed by atoms with Crippen LogP contribution in [0.3, 0.4) is 0 Å². The average Bonchev–Trinajstić information content (AvgIpc) is 2.59. The summed E-state index contributed by atoms with van der Waals surface area (Å²) in [5.41, 5.74) is -0.800. The van der Waals surface area contributed by atoms with Gasteiger partial charge in [0, 0.05) is 28.4 Å². The van der Waals surface area contributed by atoms with E-state index >= 15 is 0 Å². The molecule has 0 spiro atoms. The first kappa shape index (κ1) is 20.8. The quantitative estimate of drug-likeness (QED) is 0.661. The van der Waals surface area contributed by atoms with Gasteiger partial charge in [-0.05, 0) is 44.0 Å². The number of aryl methyl sites for hydroxylation is 1. The van der Waals surface area contributed by atoms with E-state index < -0.39 is 17.5 Å². The predicted octanol–water partition coefficient (Wildman–Crippen LogP) is 1.86. The van der Waals surface area contributed by atoms with Gasteiger partial charge < -0.3 is 19.0 Å². The molecule has 2 aromatic rings. The van der Waals surface area contributed by atoms with Gasteiger partial charge in [0.1, 0.15) is 11.1 Å². The number of aromatic amines is 1. The van der Waals surface area contributed by atoms with Crippen LogP contribution in [0.2, 0.25) is 0 Å². The molecule has 0 amide bonds. The van der Waals surface area contributed by atoms with Crippen LogP contribution in [0.4, 0.5) is 0 Å². The summed E-state index contributed by atoms with van der Waals surface area (Å²) in [7, 11) is 4.03. The van der Waals surface area contributed by atoms with E-state index in [2.05, 4.69) is 46.3 Å². The van der Waals surface area contributed by atoms with Gasteiger partial charge in [-0.25, -0.2) is 9.59 Å². The van der Waals surface area contributed by atoms with Crippen molar-refractivity contribution in [1.82, 2.24) is 9.55 Å². The van der Waals surface area contributed by atoms with E-state index in [4.69, 9.17) is 0 Å². The van der Waals surface area contributed by atoms with Crippen LogP contribution in [0.1, 0.15) is 20.7 Å². The van der Waals surface area contributed by atoms with Gasteiger partial charge in [0.25, 0.3) is 11.1 Å². The van der Waals surface area contributed by atoms with Crippen molar-refractivity contribution in [2.75, 3.05) is 14.2 Å². The fraction of sp³-hybridized carbons (Fsp3) is 0.200. The van der Waals surface area contributed by atoms with E-state index in [1.54, 1.807) is 13.2 Å². The molecular formula is C15H14Br2N2O6. The largest absolute Gasteiger partial charge is 0.465 e. The molecule has 0 fully saturated rings. The summed E-state index contributed by atoms with van der Waals surface area (Å²) in [5, 5.41) is 0. The smallest absolute Gasteiger partial charge is 0.343 e. The highest BCUT2D eigenvalue weighted by Gasteiger charge is 2.12. The number of hydrogen-bond donors (Lipinski definition) is 1. The number of ether oxygens (including phenoxy) is 2. The van der Waals surface area contributed by atoms with E-state index in [1.807, 2.05) is 0 Å². The first-order chi connectivity index (χ1) is 11.7. The Hall–Kier alpha value is -2.20. The van der Waals surface area contributed by atoms with Crippen LogP contribution in [-0.4, -0.2) is 35.7 Å².